The molecule has 2 heterocycles. The molecule has 1 atom stereocenters. The van der Waals surface area contributed by atoms with Gasteiger partial charge in [-0.15, -0.1) is 0 Å². The smallest absolute Gasteiger partial charge is 0.257 e. The van der Waals surface area contributed by atoms with E-state index in [-0.39, 0.29) is 5.91 Å². The van der Waals surface area contributed by atoms with E-state index >= 15 is 0 Å². The monoisotopic (exact) mass is 380 g/mol. The number of hydrogen-bond donors (Lipinski definition) is 1. The minimum Gasteiger partial charge on any atom is -0.307 e. The van der Waals surface area contributed by atoms with Crippen LogP contribution in [0.25, 0.3) is 0 Å². The second kappa shape index (κ2) is 7.70. The van der Waals surface area contributed by atoms with Crippen molar-refractivity contribution in [1.82, 2.24) is 14.7 Å². The third-order valence-corrected chi connectivity index (χ3v) is 6.66. The van der Waals surface area contributed by atoms with E-state index in [1.807, 2.05) is 41.9 Å². The SMILES string of the molecule is Cc1ccccc1C(=O)Nc1ccnn1C1CCN([C@@H](C)CC2(C)CC2)CC1. The highest BCUT2D eigenvalue weighted by Crippen LogP contribution is 2.49. The summed E-state index contributed by atoms with van der Waals surface area (Å²) in [5, 5.41) is 7.60. The van der Waals surface area contributed by atoms with Crippen molar-refractivity contribution in [3.8, 4) is 0 Å². The number of piperidine rings is 1. The molecule has 2 aromatic rings. The number of benzene rings is 1. The molecule has 2 aliphatic rings. The lowest BCUT2D eigenvalue weighted by atomic mass is 9.96. The lowest BCUT2D eigenvalue weighted by Crippen LogP contribution is -2.41. The maximum absolute atomic E-state index is 12.7. The van der Waals surface area contributed by atoms with Gasteiger partial charge in [-0.1, -0.05) is 25.1 Å². The van der Waals surface area contributed by atoms with Gasteiger partial charge in [0, 0.05) is 30.8 Å². The number of nitrogens with one attached hydrogen (secondary N) is 1. The van der Waals surface area contributed by atoms with Gasteiger partial charge >= 0.3 is 0 Å². The van der Waals surface area contributed by atoms with Crippen LogP contribution in [0.1, 0.15) is 67.9 Å². The van der Waals surface area contributed by atoms with Crippen LogP contribution in [-0.2, 0) is 0 Å². The summed E-state index contributed by atoms with van der Waals surface area (Å²) in [4.78, 5) is 15.3. The van der Waals surface area contributed by atoms with E-state index in [4.69, 9.17) is 0 Å². The Kier molecular flexibility index (Phi) is 5.28. The van der Waals surface area contributed by atoms with Crippen molar-refractivity contribution in [2.45, 2.75) is 65.0 Å². The first-order valence-electron chi connectivity index (χ1n) is 10.6. The molecule has 1 amide bonds. The molecule has 0 bridgehead atoms. The third-order valence-electron chi connectivity index (χ3n) is 6.66. The lowest BCUT2D eigenvalue weighted by Gasteiger charge is -2.37. The minimum absolute atomic E-state index is 0.0661. The summed E-state index contributed by atoms with van der Waals surface area (Å²) in [5.41, 5.74) is 2.30. The Balaban J connectivity index is 1.37. The molecule has 1 saturated heterocycles. The molecule has 1 aliphatic heterocycles. The number of anilines is 1. The third kappa shape index (κ3) is 4.14. The molecule has 2 fully saturated rings. The average molecular weight is 381 g/mol. The maximum atomic E-state index is 12.7. The molecule has 0 radical (unpaired) electrons. The molecule has 1 N–H and O–H groups in total. The summed E-state index contributed by atoms with van der Waals surface area (Å²) in [7, 11) is 0. The van der Waals surface area contributed by atoms with E-state index in [1.165, 1.54) is 19.3 Å². The summed E-state index contributed by atoms with van der Waals surface area (Å²) < 4.78 is 2.01. The van der Waals surface area contributed by atoms with Crippen molar-refractivity contribution in [3.63, 3.8) is 0 Å². The van der Waals surface area contributed by atoms with Gasteiger partial charge in [-0.3, -0.25) is 4.79 Å². The van der Waals surface area contributed by atoms with Gasteiger partial charge in [0.1, 0.15) is 5.82 Å². The number of nitrogens with zero attached hydrogens (tertiary/aromatic N) is 3. The van der Waals surface area contributed by atoms with Crippen molar-refractivity contribution in [1.29, 1.82) is 0 Å². The van der Waals surface area contributed by atoms with Crippen LogP contribution in [0, 0.1) is 12.3 Å². The Morgan fingerprint density at radius 1 is 1.25 bits per heavy atom. The zero-order valence-electron chi connectivity index (χ0n) is 17.3. The van der Waals surface area contributed by atoms with Crippen LogP contribution in [0.15, 0.2) is 36.5 Å². The van der Waals surface area contributed by atoms with Crippen molar-refractivity contribution in [2.75, 3.05) is 18.4 Å². The highest BCUT2D eigenvalue weighted by atomic mass is 16.1. The number of carbonyl (C=O) groups excluding carboxylic acids is 1. The van der Waals surface area contributed by atoms with E-state index in [0.717, 1.165) is 37.3 Å². The standard InChI is InChI=1S/C23H32N4O/c1-17-6-4-5-7-20(17)22(28)25-21-8-13-24-27(21)19-9-14-26(15-10-19)18(2)16-23(3)11-12-23/h4-8,13,18-19H,9-12,14-16H2,1-3H3,(H,25,28)/t18-/m0/s1. The second-order valence-electron chi connectivity index (χ2n) is 9.06. The Morgan fingerprint density at radius 2 is 1.96 bits per heavy atom. The van der Waals surface area contributed by atoms with Gasteiger partial charge in [0.15, 0.2) is 0 Å². The van der Waals surface area contributed by atoms with Gasteiger partial charge in [0.2, 0.25) is 0 Å². The van der Waals surface area contributed by atoms with Crippen LogP contribution < -0.4 is 5.32 Å². The molecule has 0 unspecified atom stereocenters. The first-order valence-corrected chi connectivity index (χ1v) is 10.6. The highest BCUT2D eigenvalue weighted by Gasteiger charge is 2.39. The predicted molar refractivity (Wildman–Crippen MR) is 113 cm³/mol. The van der Waals surface area contributed by atoms with Crippen molar-refractivity contribution in [3.05, 3.63) is 47.7 Å². The molecular weight excluding hydrogens is 348 g/mol. The minimum atomic E-state index is -0.0661. The number of amides is 1. The van der Waals surface area contributed by atoms with Crippen LogP contribution >= 0.6 is 0 Å². The molecule has 0 spiro atoms. The zero-order chi connectivity index (χ0) is 19.7. The van der Waals surface area contributed by atoms with Gasteiger partial charge in [0.05, 0.1) is 12.2 Å². The fourth-order valence-electron chi connectivity index (χ4n) is 4.55. The van der Waals surface area contributed by atoms with Gasteiger partial charge in [-0.25, -0.2) is 4.68 Å². The van der Waals surface area contributed by atoms with Crippen LogP contribution in [0.5, 0.6) is 0 Å². The summed E-state index contributed by atoms with van der Waals surface area (Å²) in [6.45, 7) is 8.97. The second-order valence-corrected chi connectivity index (χ2v) is 9.06. The number of aromatic nitrogens is 2. The normalized spacial score (nSPS) is 20.7. The van der Waals surface area contributed by atoms with Gasteiger partial charge in [-0.05, 0) is 63.0 Å². The molecule has 150 valence electrons. The summed E-state index contributed by atoms with van der Waals surface area (Å²) >= 11 is 0. The average Bonchev–Trinajstić information content (AvgIpc) is 3.23. The van der Waals surface area contributed by atoms with Crippen molar-refractivity contribution >= 4 is 11.7 Å². The number of likely N-dealkylation sites (tertiary alicyclic amines) is 1. The number of rotatable bonds is 6. The topological polar surface area (TPSA) is 50.2 Å². The van der Waals surface area contributed by atoms with E-state index < -0.39 is 0 Å². The van der Waals surface area contributed by atoms with Crippen molar-refractivity contribution < 1.29 is 4.79 Å². The van der Waals surface area contributed by atoms with Crippen LogP contribution in [0.2, 0.25) is 0 Å². The highest BCUT2D eigenvalue weighted by molar-refractivity contribution is 6.04. The van der Waals surface area contributed by atoms with Crippen molar-refractivity contribution in [2.24, 2.45) is 5.41 Å². The molecule has 1 aliphatic carbocycles. The van der Waals surface area contributed by atoms with Gasteiger partial charge in [-0.2, -0.15) is 5.10 Å². The molecule has 28 heavy (non-hydrogen) atoms. The molecule has 4 rings (SSSR count). The van der Waals surface area contributed by atoms with Gasteiger partial charge in [0.25, 0.3) is 5.91 Å². The number of carbonyl (C=O) groups is 1. The van der Waals surface area contributed by atoms with Crippen LogP contribution in [0.3, 0.4) is 0 Å². The summed E-state index contributed by atoms with van der Waals surface area (Å²) in [6, 6.07) is 10.6. The fraction of sp³-hybridized carbons (Fsp3) is 0.565. The molecule has 5 nitrogen and oxygen atoms in total. The predicted octanol–water partition coefficient (Wildman–Crippen LogP) is 4.66. The van der Waals surface area contributed by atoms with E-state index in [1.54, 1.807) is 6.20 Å². The van der Waals surface area contributed by atoms with E-state index in [9.17, 15) is 4.79 Å². The molecule has 5 heteroatoms. The van der Waals surface area contributed by atoms with E-state index in [0.29, 0.717) is 23.1 Å². The first kappa shape index (κ1) is 19.2. The fourth-order valence-corrected chi connectivity index (χ4v) is 4.55. The molecule has 1 aromatic heterocycles. The van der Waals surface area contributed by atoms with Crippen LogP contribution in [0.4, 0.5) is 5.82 Å². The first-order chi connectivity index (χ1) is 13.5. The molecule has 1 saturated carbocycles. The Bertz CT molecular complexity index is 831. The summed E-state index contributed by atoms with van der Waals surface area (Å²) in [5.74, 6) is 0.730. The largest absolute Gasteiger partial charge is 0.307 e. The number of aryl methyl sites for hydroxylation is 1. The Morgan fingerprint density at radius 3 is 2.64 bits per heavy atom. The molecular formula is C23H32N4O. The maximum Gasteiger partial charge on any atom is 0.257 e. The van der Waals surface area contributed by atoms with Crippen LogP contribution in [-0.4, -0.2) is 39.7 Å². The lowest BCUT2D eigenvalue weighted by molar-refractivity contribution is 0.102. The zero-order valence-corrected chi connectivity index (χ0v) is 17.3. The quantitative estimate of drug-likeness (QED) is 0.793. The Labute approximate surface area is 168 Å². The summed E-state index contributed by atoms with van der Waals surface area (Å²) in [6.07, 6.45) is 8.05. The van der Waals surface area contributed by atoms with E-state index in [2.05, 4.69) is 29.2 Å². The van der Waals surface area contributed by atoms with Gasteiger partial charge < -0.3 is 10.2 Å². The Hall–Kier alpha value is -2.14. The molecule has 1 aromatic carbocycles. The number of hydrogen-bond acceptors (Lipinski definition) is 3.